The van der Waals surface area contributed by atoms with E-state index < -0.39 is 18.6 Å². The molecule has 0 saturated carbocycles. The fourth-order valence-corrected chi connectivity index (χ4v) is 1.25. The molecule has 0 aromatic heterocycles. The lowest BCUT2D eigenvalue weighted by Gasteiger charge is -2.11. The molecule has 1 amide bonds. The fraction of sp³-hybridized carbons (Fsp3) is 0.300. The molecule has 1 aromatic rings. The Hall–Kier alpha value is -1.30. The van der Waals surface area contributed by atoms with Gasteiger partial charge in [-0.15, -0.1) is 0 Å². The van der Waals surface area contributed by atoms with Crippen molar-refractivity contribution in [3.05, 3.63) is 23.2 Å². The third-order valence-corrected chi connectivity index (χ3v) is 2.28. The smallest absolute Gasteiger partial charge is 0.243 e. The van der Waals surface area contributed by atoms with E-state index in [1.54, 1.807) is 18.2 Å². The molecule has 4 N–H and O–H groups in total. The quantitative estimate of drug-likeness (QED) is 0.724. The molecule has 1 atom stereocenters. The van der Waals surface area contributed by atoms with E-state index in [9.17, 15) is 4.79 Å². The number of rotatable bonds is 4. The molecule has 16 heavy (non-hydrogen) atoms. The zero-order chi connectivity index (χ0) is 12.1. The molecule has 0 spiro atoms. The van der Waals surface area contributed by atoms with Gasteiger partial charge in [0.2, 0.25) is 5.91 Å². The second-order valence-corrected chi connectivity index (χ2v) is 3.53. The number of aliphatic hydroxyl groups is 1. The second kappa shape index (κ2) is 5.69. The van der Waals surface area contributed by atoms with Gasteiger partial charge in [0.1, 0.15) is 11.8 Å². The highest BCUT2D eigenvalue weighted by Crippen LogP contribution is 2.26. The predicted octanol–water partition coefficient (Wildman–Crippen LogP) is 0.607. The van der Waals surface area contributed by atoms with E-state index in [-0.39, 0.29) is 0 Å². The van der Waals surface area contributed by atoms with E-state index in [4.69, 9.17) is 27.2 Å². The summed E-state index contributed by atoms with van der Waals surface area (Å²) in [5, 5.41) is 11.5. The van der Waals surface area contributed by atoms with Crippen LogP contribution < -0.4 is 15.8 Å². The summed E-state index contributed by atoms with van der Waals surface area (Å²) < 4.78 is 4.96. The van der Waals surface area contributed by atoms with Crippen molar-refractivity contribution >= 4 is 23.2 Å². The number of nitrogens with one attached hydrogen (secondary N) is 1. The first kappa shape index (κ1) is 12.8. The molecule has 1 aromatic carbocycles. The van der Waals surface area contributed by atoms with E-state index in [0.717, 1.165) is 0 Å². The first-order valence-electron chi connectivity index (χ1n) is 4.59. The highest BCUT2D eigenvalue weighted by molar-refractivity contribution is 6.33. The number of aliphatic hydroxyl groups excluding tert-OH is 1. The molecule has 0 bridgehead atoms. The Labute approximate surface area is 98.2 Å². The lowest BCUT2D eigenvalue weighted by atomic mass is 10.2. The maximum Gasteiger partial charge on any atom is 0.243 e. The van der Waals surface area contributed by atoms with Crippen molar-refractivity contribution < 1.29 is 14.6 Å². The minimum Gasteiger partial charge on any atom is -0.497 e. The Kier molecular flexibility index (Phi) is 4.54. The molecule has 0 aliphatic rings. The van der Waals surface area contributed by atoms with E-state index in [0.29, 0.717) is 16.5 Å². The van der Waals surface area contributed by atoms with Crippen molar-refractivity contribution in [2.75, 3.05) is 19.0 Å². The molecule has 0 saturated heterocycles. The van der Waals surface area contributed by atoms with Crippen molar-refractivity contribution in [1.82, 2.24) is 0 Å². The van der Waals surface area contributed by atoms with Gasteiger partial charge in [-0.2, -0.15) is 0 Å². The van der Waals surface area contributed by atoms with Crippen LogP contribution in [0.4, 0.5) is 5.69 Å². The Balaban J connectivity index is 2.78. The van der Waals surface area contributed by atoms with Gasteiger partial charge in [-0.05, 0) is 12.1 Å². The summed E-state index contributed by atoms with van der Waals surface area (Å²) in [5.74, 6) is 0.101. The average Bonchev–Trinajstić information content (AvgIpc) is 2.30. The Morgan fingerprint density at radius 1 is 1.69 bits per heavy atom. The van der Waals surface area contributed by atoms with Crippen LogP contribution in [0, 0.1) is 0 Å². The molecule has 5 nitrogen and oxygen atoms in total. The third kappa shape index (κ3) is 3.10. The molecule has 0 aliphatic heterocycles. The summed E-state index contributed by atoms with van der Waals surface area (Å²) in [7, 11) is 1.52. The molecule has 0 fully saturated rings. The van der Waals surface area contributed by atoms with Gasteiger partial charge < -0.3 is 20.9 Å². The molecule has 0 radical (unpaired) electrons. The van der Waals surface area contributed by atoms with E-state index >= 15 is 0 Å². The van der Waals surface area contributed by atoms with Crippen molar-refractivity contribution in [3.63, 3.8) is 0 Å². The van der Waals surface area contributed by atoms with Crippen LogP contribution in [0.25, 0.3) is 0 Å². The van der Waals surface area contributed by atoms with Crippen LogP contribution in [0.2, 0.25) is 5.02 Å². The first-order chi connectivity index (χ1) is 7.58. The van der Waals surface area contributed by atoms with Crippen LogP contribution in [0.5, 0.6) is 5.75 Å². The minimum absolute atomic E-state index is 0.345. The fourth-order valence-electron chi connectivity index (χ4n) is 1.03. The number of nitrogens with two attached hydrogens (primary N) is 1. The number of carbonyl (C=O) groups excluding carboxylic acids is 1. The molecule has 0 aliphatic carbocycles. The normalized spacial score (nSPS) is 12.0. The molecule has 6 heteroatoms. The number of amides is 1. The van der Waals surface area contributed by atoms with Gasteiger partial charge in [0.15, 0.2) is 0 Å². The summed E-state index contributed by atoms with van der Waals surface area (Å²) in [6.07, 6.45) is 0. The molecule has 1 rings (SSSR count). The number of methoxy groups -OCH3 is 1. The highest BCUT2D eigenvalue weighted by Gasteiger charge is 2.13. The van der Waals surface area contributed by atoms with Gasteiger partial charge >= 0.3 is 0 Å². The van der Waals surface area contributed by atoms with E-state index in [1.807, 2.05) is 0 Å². The average molecular weight is 245 g/mol. The third-order valence-electron chi connectivity index (χ3n) is 1.97. The summed E-state index contributed by atoms with van der Waals surface area (Å²) in [4.78, 5) is 11.4. The molecule has 1 unspecified atom stereocenters. The number of hydrogen-bond acceptors (Lipinski definition) is 4. The van der Waals surface area contributed by atoms with Gasteiger partial charge in [-0.1, -0.05) is 11.6 Å². The number of anilines is 1. The lowest BCUT2D eigenvalue weighted by Crippen LogP contribution is -2.38. The Morgan fingerprint density at radius 2 is 2.38 bits per heavy atom. The van der Waals surface area contributed by atoms with Crippen LogP contribution in [-0.2, 0) is 4.79 Å². The number of ether oxygens (including phenoxy) is 1. The predicted molar refractivity (Wildman–Crippen MR) is 61.7 cm³/mol. The highest BCUT2D eigenvalue weighted by atomic mass is 35.5. The summed E-state index contributed by atoms with van der Waals surface area (Å²) >= 11 is 5.90. The van der Waals surface area contributed by atoms with Gasteiger partial charge in [-0.3, -0.25) is 4.79 Å². The summed E-state index contributed by atoms with van der Waals surface area (Å²) in [6.45, 7) is -0.417. The molecule has 0 heterocycles. The standard InChI is InChI=1S/C10H13ClN2O3/c1-16-6-2-3-9(7(11)4-6)13-10(15)8(12)5-14/h2-4,8,14H,5,12H2,1H3,(H,13,15). The number of hydrogen-bond donors (Lipinski definition) is 3. The largest absolute Gasteiger partial charge is 0.497 e. The van der Waals surface area contributed by atoms with Crippen molar-refractivity contribution in [1.29, 1.82) is 0 Å². The monoisotopic (exact) mass is 244 g/mol. The maximum absolute atomic E-state index is 11.4. The first-order valence-corrected chi connectivity index (χ1v) is 4.97. The Bertz CT molecular complexity index is 384. The second-order valence-electron chi connectivity index (χ2n) is 3.12. The molecular weight excluding hydrogens is 232 g/mol. The van der Waals surface area contributed by atoms with Gasteiger partial charge in [0, 0.05) is 6.07 Å². The minimum atomic E-state index is -0.960. The van der Waals surface area contributed by atoms with Crippen LogP contribution >= 0.6 is 11.6 Å². The molecular formula is C10H13ClN2O3. The lowest BCUT2D eigenvalue weighted by molar-refractivity contribution is -0.118. The summed E-state index contributed by atoms with van der Waals surface area (Å²) in [6, 6.07) is 3.87. The van der Waals surface area contributed by atoms with E-state index in [2.05, 4.69) is 5.32 Å². The van der Waals surface area contributed by atoms with Crippen LogP contribution in [-0.4, -0.2) is 30.8 Å². The zero-order valence-corrected chi connectivity index (χ0v) is 9.49. The SMILES string of the molecule is COc1ccc(NC(=O)C(N)CO)c(Cl)c1. The van der Waals surface area contributed by atoms with Crippen molar-refractivity contribution in [3.8, 4) is 5.75 Å². The zero-order valence-electron chi connectivity index (χ0n) is 8.74. The number of carbonyl (C=O) groups is 1. The maximum atomic E-state index is 11.4. The van der Waals surface area contributed by atoms with Crippen LogP contribution in [0.1, 0.15) is 0 Å². The topological polar surface area (TPSA) is 84.6 Å². The van der Waals surface area contributed by atoms with Crippen LogP contribution in [0.3, 0.4) is 0 Å². The van der Waals surface area contributed by atoms with Gasteiger partial charge in [-0.25, -0.2) is 0 Å². The van der Waals surface area contributed by atoms with Crippen molar-refractivity contribution in [2.24, 2.45) is 5.73 Å². The molecule has 88 valence electrons. The van der Waals surface area contributed by atoms with Gasteiger partial charge in [0.05, 0.1) is 24.4 Å². The van der Waals surface area contributed by atoms with Crippen LogP contribution in [0.15, 0.2) is 18.2 Å². The number of halogens is 1. The van der Waals surface area contributed by atoms with E-state index in [1.165, 1.54) is 7.11 Å². The number of benzene rings is 1. The summed E-state index contributed by atoms with van der Waals surface area (Å²) in [5.41, 5.74) is 5.77. The Morgan fingerprint density at radius 3 is 2.88 bits per heavy atom. The van der Waals surface area contributed by atoms with Crippen molar-refractivity contribution in [2.45, 2.75) is 6.04 Å². The van der Waals surface area contributed by atoms with Gasteiger partial charge in [0.25, 0.3) is 0 Å².